The third-order valence-electron chi connectivity index (χ3n) is 3.01. The highest BCUT2D eigenvalue weighted by atomic mass is 16.5. The van der Waals surface area contributed by atoms with Gasteiger partial charge < -0.3 is 14.8 Å². The smallest absolute Gasteiger partial charge is 0.0782 e. The van der Waals surface area contributed by atoms with Crippen molar-refractivity contribution in [3.05, 3.63) is 0 Å². The fraction of sp³-hybridized carbons (Fsp3) is 1.00. The van der Waals surface area contributed by atoms with E-state index in [9.17, 15) is 0 Å². The van der Waals surface area contributed by atoms with Crippen molar-refractivity contribution < 1.29 is 9.47 Å². The lowest BCUT2D eigenvalue weighted by Gasteiger charge is -2.37. The molecule has 0 aromatic heterocycles. The molecule has 2 atom stereocenters. The second kappa shape index (κ2) is 5.10. The second-order valence-corrected chi connectivity index (χ2v) is 4.43. The maximum Gasteiger partial charge on any atom is 0.0782 e. The molecule has 1 aliphatic rings. The van der Waals surface area contributed by atoms with Gasteiger partial charge in [0.1, 0.15) is 0 Å². The van der Waals surface area contributed by atoms with Crippen LogP contribution in [-0.4, -0.2) is 38.5 Å². The van der Waals surface area contributed by atoms with Crippen molar-refractivity contribution >= 4 is 0 Å². The highest BCUT2D eigenvalue weighted by molar-refractivity contribution is 4.91. The van der Waals surface area contributed by atoms with Gasteiger partial charge in [-0.2, -0.15) is 0 Å². The van der Waals surface area contributed by atoms with E-state index < -0.39 is 0 Å². The Kier molecular flexibility index (Phi) is 4.35. The van der Waals surface area contributed by atoms with E-state index in [0.717, 1.165) is 26.2 Å². The fourth-order valence-electron chi connectivity index (χ4n) is 2.43. The van der Waals surface area contributed by atoms with E-state index in [0.29, 0.717) is 12.0 Å². The quantitative estimate of drug-likeness (QED) is 0.730. The van der Waals surface area contributed by atoms with Gasteiger partial charge in [-0.15, -0.1) is 0 Å². The summed E-state index contributed by atoms with van der Waals surface area (Å²) < 4.78 is 11.2. The van der Waals surface area contributed by atoms with E-state index in [1.54, 1.807) is 0 Å². The molecule has 1 rings (SSSR count). The van der Waals surface area contributed by atoms with E-state index in [-0.39, 0.29) is 5.60 Å². The van der Waals surface area contributed by atoms with Crippen molar-refractivity contribution in [3.63, 3.8) is 0 Å². The minimum atomic E-state index is -0.109. The molecule has 1 aliphatic heterocycles. The molecule has 1 heterocycles. The molecule has 84 valence electrons. The Bertz CT molecular complexity index is 165. The standard InChI is InChI=1S/C11H23NO2/c1-5-14-11(2,3)10(12-4)9-6-7-13-8-9/h9-10,12H,5-8H2,1-4H3. The van der Waals surface area contributed by atoms with Crippen LogP contribution < -0.4 is 5.32 Å². The van der Waals surface area contributed by atoms with Crippen LogP contribution in [0.5, 0.6) is 0 Å². The molecule has 3 heteroatoms. The van der Waals surface area contributed by atoms with Crippen molar-refractivity contribution in [2.24, 2.45) is 5.92 Å². The summed E-state index contributed by atoms with van der Waals surface area (Å²) in [5.41, 5.74) is -0.109. The molecule has 0 spiro atoms. The van der Waals surface area contributed by atoms with Gasteiger partial charge >= 0.3 is 0 Å². The zero-order valence-corrected chi connectivity index (χ0v) is 9.80. The van der Waals surface area contributed by atoms with E-state index in [2.05, 4.69) is 19.2 Å². The molecule has 2 unspecified atom stereocenters. The molecule has 0 bridgehead atoms. The summed E-state index contributed by atoms with van der Waals surface area (Å²) in [6.45, 7) is 8.86. The first-order valence-electron chi connectivity index (χ1n) is 5.50. The van der Waals surface area contributed by atoms with E-state index >= 15 is 0 Å². The summed E-state index contributed by atoms with van der Waals surface area (Å²) in [5.74, 6) is 0.585. The van der Waals surface area contributed by atoms with Gasteiger partial charge in [-0.3, -0.25) is 0 Å². The predicted octanol–water partition coefficient (Wildman–Crippen LogP) is 1.43. The fourth-order valence-corrected chi connectivity index (χ4v) is 2.43. The maximum atomic E-state index is 5.78. The van der Waals surface area contributed by atoms with Gasteiger partial charge in [-0.25, -0.2) is 0 Å². The highest BCUT2D eigenvalue weighted by Crippen LogP contribution is 2.26. The molecule has 1 saturated heterocycles. The predicted molar refractivity (Wildman–Crippen MR) is 57.5 cm³/mol. The van der Waals surface area contributed by atoms with E-state index in [1.165, 1.54) is 0 Å². The summed E-state index contributed by atoms with van der Waals surface area (Å²) >= 11 is 0. The maximum absolute atomic E-state index is 5.78. The van der Waals surface area contributed by atoms with Crippen molar-refractivity contribution in [1.29, 1.82) is 0 Å². The number of hydrogen-bond acceptors (Lipinski definition) is 3. The number of nitrogens with one attached hydrogen (secondary N) is 1. The van der Waals surface area contributed by atoms with Gasteiger partial charge in [0, 0.05) is 25.2 Å². The van der Waals surface area contributed by atoms with Crippen molar-refractivity contribution in [3.8, 4) is 0 Å². The van der Waals surface area contributed by atoms with Crippen LogP contribution in [-0.2, 0) is 9.47 Å². The number of hydrogen-bond donors (Lipinski definition) is 1. The monoisotopic (exact) mass is 201 g/mol. The molecule has 3 nitrogen and oxygen atoms in total. The zero-order valence-electron chi connectivity index (χ0n) is 9.80. The minimum absolute atomic E-state index is 0.109. The van der Waals surface area contributed by atoms with Crippen LogP contribution in [0.1, 0.15) is 27.2 Å². The normalized spacial score (nSPS) is 25.3. The van der Waals surface area contributed by atoms with Crippen LogP contribution in [0.4, 0.5) is 0 Å². The summed E-state index contributed by atoms with van der Waals surface area (Å²) in [5, 5.41) is 3.36. The third kappa shape index (κ3) is 2.69. The second-order valence-electron chi connectivity index (χ2n) is 4.43. The van der Waals surface area contributed by atoms with E-state index in [1.807, 2.05) is 14.0 Å². The van der Waals surface area contributed by atoms with Crippen molar-refractivity contribution in [2.45, 2.75) is 38.8 Å². The Morgan fingerprint density at radius 1 is 1.57 bits per heavy atom. The summed E-state index contributed by atoms with van der Waals surface area (Å²) in [4.78, 5) is 0. The third-order valence-corrected chi connectivity index (χ3v) is 3.01. The Hall–Kier alpha value is -0.120. The van der Waals surface area contributed by atoms with Gasteiger partial charge in [0.2, 0.25) is 0 Å². The molecule has 0 radical (unpaired) electrons. The topological polar surface area (TPSA) is 30.5 Å². The summed E-state index contributed by atoms with van der Waals surface area (Å²) in [7, 11) is 2.00. The lowest BCUT2D eigenvalue weighted by atomic mass is 9.86. The SMILES string of the molecule is CCOC(C)(C)C(NC)C1CCOC1. The van der Waals surface area contributed by atoms with Crippen LogP contribution >= 0.6 is 0 Å². The van der Waals surface area contributed by atoms with Gasteiger partial charge in [-0.05, 0) is 34.2 Å². The summed E-state index contributed by atoms with van der Waals surface area (Å²) in [6, 6.07) is 0.380. The minimum Gasteiger partial charge on any atom is -0.381 e. The lowest BCUT2D eigenvalue weighted by molar-refractivity contribution is -0.0517. The van der Waals surface area contributed by atoms with Gasteiger partial charge in [0.05, 0.1) is 12.2 Å². The molecule has 1 fully saturated rings. The Balaban J connectivity index is 2.58. The highest BCUT2D eigenvalue weighted by Gasteiger charge is 2.36. The number of rotatable bonds is 5. The molecular formula is C11H23NO2. The molecule has 0 amide bonds. The Morgan fingerprint density at radius 3 is 2.71 bits per heavy atom. The van der Waals surface area contributed by atoms with Crippen LogP contribution in [0.25, 0.3) is 0 Å². The van der Waals surface area contributed by atoms with E-state index in [4.69, 9.17) is 9.47 Å². The van der Waals surface area contributed by atoms with Crippen molar-refractivity contribution in [2.75, 3.05) is 26.9 Å². The van der Waals surface area contributed by atoms with Crippen LogP contribution in [0.15, 0.2) is 0 Å². The first-order chi connectivity index (χ1) is 6.61. The molecular weight excluding hydrogens is 178 g/mol. The van der Waals surface area contributed by atoms with Crippen LogP contribution in [0, 0.1) is 5.92 Å². The largest absolute Gasteiger partial charge is 0.381 e. The van der Waals surface area contributed by atoms with Gasteiger partial charge in [0.25, 0.3) is 0 Å². The molecule has 0 aromatic carbocycles. The number of ether oxygens (including phenoxy) is 2. The molecule has 14 heavy (non-hydrogen) atoms. The van der Waals surface area contributed by atoms with Gasteiger partial charge in [0.15, 0.2) is 0 Å². The van der Waals surface area contributed by atoms with Gasteiger partial charge in [-0.1, -0.05) is 0 Å². The molecule has 0 aliphatic carbocycles. The van der Waals surface area contributed by atoms with Crippen LogP contribution in [0.3, 0.4) is 0 Å². The average molecular weight is 201 g/mol. The summed E-state index contributed by atoms with van der Waals surface area (Å²) in [6.07, 6.45) is 1.14. The molecule has 0 saturated carbocycles. The average Bonchev–Trinajstić information content (AvgIpc) is 2.57. The first-order valence-corrected chi connectivity index (χ1v) is 5.50. The lowest BCUT2D eigenvalue weighted by Crippen LogP contribution is -2.52. The van der Waals surface area contributed by atoms with Crippen LogP contribution in [0.2, 0.25) is 0 Å². The number of likely N-dealkylation sites (N-methyl/N-ethyl adjacent to an activating group) is 1. The molecule has 0 aromatic rings. The van der Waals surface area contributed by atoms with Crippen molar-refractivity contribution in [1.82, 2.24) is 5.32 Å². The first kappa shape index (κ1) is 12.0. The Labute approximate surface area is 87.2 Å². The Morgan fingerprint density at radius 2 is 2.29 bits per heavy atom. The zero-order chi connectivity index (χ0) is 10.6. The molecule has 1 N–H and O–H groups in total.